The number of carbonyl (C=O) groups is 1. The SMILES string of the molecule is CN(C)c1cccc(C(=O)Cl)c1Cl. The van der Waals surface area contributed by atoms with Gasteiger partial charge >= 0.3 is 0 Å². The van der Waals surface area contributed by atoms with E-state index in [0.717, 1.165) is 5.69 Å². The fourth-order valence-electron chi connectivity index (χ4n) is 1.02. The molecule has 0 atom stereocenters. The van der Waals surface area contributed by atoms with E-state index in [-0.39, 0.29) is 0 Å². The molecule has 13 heavy (non-hydrogen) atoms. The van der Waals surface area contributed by atoms with Crippen molar-refractivity contribution < 1.29 is 4.79 Å². The van der Waals surface area contributed by atoms with Crippen LogP contribution in [0.5, 0.6) is 0 Å². The van der Waals surface area contributed by atoms with Crippen molar-refractivity contribution in [2.75, 3.05) is 19.0 Å². The second-order valence-electron chi connectivity index (χ2n) is 2.81. The van der Waals surface area contributed by atoms with E-state index in [4.69, 9.17) is 23.2 Å². The molecule has 1 rings (SSSR count). The first kappa shape index (κ1) is 10.4. The van der Waals surface area contributed by atoms with Crippen LogP contribution in [0, 0.1) is 0 Å². The molecule has 0 saturated heterocycles. The highest BCUT2D eigenvalue weighted by atomic mass is 35.5. The van der Waals surface area contributed by atoms with Crippen LogP contribution in [0.25, 0.3) is 0 Å². The zero-order valence-corrected chi connectivity index (χ0v) is 8.86. The molecular formula is C9H9Cl2NO. The van der Waals surface area contributed by atoms with Crippen molar-refractivity contribution in [2.24, 2.45) is 0 Å². The number of hydrogen-bond donors (Lipinski definition) is 0. The molecule has 0 aromatic heterocycles. The van der Waals surface area contributed by atoms with Crippen LogP contribution in [-0.2, 0) is 0 Å². The van der Waals surface area contributed by atoms with Crippen molar-refractivity contribution >= 4 is 34.1 Å². The van der Waals surface area contributed by atoms with E-state index in [0.29, 0.717) is 10.6 Å². The zero-order valence-electron chi connectivity index (χ0n) is 7.34. The van der Waals surface area contributed by atoms with Gasteiger partial charge in [-0.3, -0.25) is 4.79 Å². The Morgan fingerprint density at radius 1 is 1.38 bits per heavy atom. The molecule has 0 N–H and O–H groups in total. The highest BCUT2D eigenvalue weighted by molar-refractivity contribution is 6.69. The molecule has 0 spiro atoms. The van der Waals surface area contributed by atoms with Crippen molar-refractivity contribution in [3.63, 3.8) is 0 Å². The van der Waals surface area contributed by atoms with Crippen molar-refractivity contribution in [2.45, 2.75) is 0 Å². The first-order valence-corrected chi connectivity index (χ1v) is 4.45. The fourth-order valence-corrected chi connectivity index (χ4v) is 1.60. The van der Waals surface area contributed by atoms with Gasteiger partial charge in [0.05, 0.1) is 16.3 Å². The predicted octanol–water partition coefficient (Wildman–Crippen LogP) is 2.79. The van der Waals surface area contributed by atoms with Crippen LogP contribution in [0.2, 0.25) is 5.02 Å². The van der Waals surface area contributed by atoms with Gasteiger partial charge in [0.1, 0.15) is 0 Å². The average molecular weight is 218 g/mol. The van der Waals surface area contributed by atoms with Gasteiger partial charge in [0, 0.05) is 14.1 Å². The van der Waals surface area contributed by atoms with E-state index in [1.165, 1.54) is 0 Å². The Bertz CT molecular complexity index is 336. The summed E-state index contributed by atoms with van der Waals surface area (Å²) in [6.07, 6.45) is 0. The Hall–Kier alpha value is -0.730. The summed E-state index contributed by atoms with van der Waals surface area (Å²) < 4.78 is 0. The molecule has 70 valence electrons. The molecule has 0 amide bonds. The van der Waals surface area contributed by atoms with Gasteiger partial charge in [-0.15, -0.1) is 0 Å². The van der Waals surface area contributed by atoms with Crippen LogP contribution in [0.4, 0.5) is 5.69 Å². The van der Waals surface area contributed by atoms with Gasteiger partial charge in [-0.05, 0) is 23.7 Å². The summed E-state index contributed by atoms with van der Waals surface area (Å²) in [5.74, 6) is 0. The zero-order chi connectivity index (χ0) is 10.0. The van der Waals surface area contributed by atoms with Gasteiger partial charge in [-0.1, -0.05) is 17.7 Å². The smallest absolute Gasteiger partial charge is 0.253 e. The number of rotatable bonds is 2. The van der Waals surface area contributed by atoms with Gasteiger partial charge < -0.3 is 4.90 Å². The summed E-state index contributed by atoms with van der Waals surface area (Å²) >= 11 is 11.3. The Balaban J connectivity index is 3.26. The summed E-state index contributed by atoms with van der Waals surface area (Å²) in [5, 5.41) is -0.138. The molecule has 0 bridgehead atoms. The minimum Gasteiger partial charge on any atom is -0.376 e. The topological polar surface area (TPSA) is 20.3 Å². The number of nitrogens with zero attached hydrogens (tertiary/aromatic N) is 1. The third-order valence-electron chi connectivity index (χ3n) is 1.67. The molecule has 0 heterocycles. The molecule has 0 aliphatic heterocycles. The van der Waals surface area contributed by atoms with E-state index in [1.807, 2.05) is 25.1 Å². The van der Waals surface area contributed by atoms with Gasteiger partial charge in [0.15, 0.2) is 0 Å². The van der Waals surface area contributed by atoms with Crippen LogP contribution in [0.15, 0.2) is 18.2 Å². The van der Waals surface area contributed by atoms with Gasteiger partial charge in [0.25, 0.3) is 5.24 Å². The number of benzene rings is 1. The standard InChI is InChI=1S/C9H9Cl2NO/c1-12(2)7-5-3-4-6(8(7)10)9(11)13/h3-5H,1-2H3. The van der Waals surface area contributed by atoms with Gasteiger partial charge in [-0.25, -0.2) is 0 Å². The highest BCUT2D eigenvalue weighted by Gasteiger charge is 2.11. The second kappa shape index (κ2) is 3.99. The number of hydrogen-bond acceptors (Lipinski definition) is 2. The first-order chi connectivity index (χ1) is 6.04. The van der Waals surface area contributed by atoms with E-state index < -0.39 is 5.24 Å². The number of carbonyl (C=O) groups excluding carboxylic acids is 1. The molecule has 0 aliphatic rings. The van der Waals surface area contributed by atoms with Crippen molar-refractivity contribution in [1.29, 1.82) is 0 Å². The molecule has 1 aromatic carbocycles. The highest BCUT2D eigenvalue weighted by Crippen LogP contribution is 2.28. The van der Waals surface area contributed by atoms with Crippen LogP contribution >= 0.6 is 23.2 Å². The van der Waals surface area contributed by atoms with Crippen LogP contribution < -0.4 is 4.90 Å². The maximum absolute atomic E-state index is 10.9. The Morgan fingerprint density at radius 2 is 2.00 bits per heavy atom. The quantitative estimate of drug-likeness (QED) is 0.711. The Kier molecular flexibility index (Phi) is 3.17. The summed E-state index contributed by atoms with van der Waals surface area (Å²) in [5.41, 5.74) is 1.13. The lowest BCUT2D eigenvalue weighted by Crippen LogP contribution is -2.10. The maximum atomic E-state index is 10.9. The third-order valence-corrected chi connectivity index (χ3v) is 2.27. The molecule has 0 saturated carbocycles. The van der Waals surface area contributed by atoms with E-state index in [1.54, 1.807) is 12.1 Å². The van der Waals surface area contributed by atoms with E-state index in [9.17, 15) is 4.79 Å². The third kappa shape index (κ3) is 2.14. The lowest BCUT2D eigenvalue weighted by Gasteiger charge is -2.15. The predicted molar refractivity (Wildman–Crippen MR) is 56.0 cm³/mol. The Morgan fingerprint density at radius 3 is 2.46 bits per heavy atom. The van der Waals surface area contributed by atoms with Crippen LogP contribution in [0.3, 0.4) is 0 Å². The minimum atomic E-state index is -0.534. The first-order valence-electron chi connectivity index (χ1n) is 3.69. The lowest BCUT2D eigenvalue weighted by molar-refractivity contribution is 0.108. The molecule has 0 unspecified atom stereocenters. The monoisotopic (exact) mass is 217 g/mol. The van der Waals surface area contributed by atoms with E-state index in [2.05, 4.69) is 0 Å². The normalized spacial score (nSPS) is 9.85. The number of halogens is 2. The molecule has 2 nitrogen and oxygen atoms in total. The largest absolute Gasteiger partial charge is 0.376 e. The molecular weight excluding hydrogens is 209 g/mol. The fraction of sp³-hybridized carbons (Fsp3) is 0.222. The molecule has 4 heteroatoms. The summed E-state index contributed by atoms with van der Waals surface area (Å²) in [7, 11) is 3.70. The van der Waals surface area contributed by atoms with Crippen molar-refractivity contribution in [3.8, 4) is 0 Å². The van der Waals surface area contributed by atoms with Crippen LogP contribution in [-0.4, -0.2) is 19.3 Å². The average Bonchev–Trinajstić information content (AvgIpc) is 2.03. The van der Waals surface area contributed by atoms with Gasteiger partial charge in [0.2, 0.25) is 0 Å². The molecule has 0 fully saturated rings. The molecule has 0 radical (unpaired) electrons. The molecule has 1 aromatic rings. The lowest BCUT2D eigenvalue weighted by atomic mass is 10.2. The summed E-state index contributed by atoms with van der Waals surface area (Å²) in [6, 6.07) is 5.17. The van der Waals surface area contributed by atoms with Crippen molar-refractivity contribution in [3.05, 3.63) is 28.8 Å². The van der Waals surface area contributed by atoms with Crippen molar-refractivity contribution in [1.82, 2.24) is 0 Å². The summed E-state index contributed by atoms with van der Waals surface area (Å²) in [6.45, 7) is 0. The van der Waals surface area contributed by atoms with Crippen LogP contribution in [0.1, 0.15) is 10.4 Å². The minimum absolute atomic E-state index is 0.342. The summed E-state index contributed by atoms with van der Waals surface area (Å²) in [4.78, 5) is 12.7. The second-order valence-corrected chi connectivity index (χ2v) is 3.53. The Labute approximate surface area is 87.1 Å². The maximum Gasteiger partial charge on any atom is 0.253 e. The molecule has 0 aliphatic carbocycles. The number of anilines is 1. The van der Waals surface area contributed by atoms with E-state index >= 15 is 0 Å². The van der Waals surface area contributed by atoms with Gasteiger partial charge in [-0.2, -0.15) is 0 Å².